The highest BCUT2D eigenvalue weighted by molar-refractivity contribution is 8.01. The minimum absolute atomic E-state index is 0.0166. The molecule has 8 heteroatoms. The molecule has 1 nitrogen and oxygen atoms in total. The summed E-state index contributed by atoms with van der Waals surface area (Å²) in [7, 11) is 0. The molecule has 0 saturated carbocycles. The van der Waals surface area contributed by atoms with Crippen molar-refractivity contribution in [1.82, 2.24) is 4.98 Å². The van der Waals surface area contributed by atoms with Gasteiger partial charge >= 0.3 is 6.18 Å². The first-order chi connectivity index (χ1) is 9.77. The van der Waals surface area contributed by atoms with Gasteiger partial charge in [-0.3, -0.25) is 0 Å². The van der Waals surface area contributed by atoms with E-state index >= 15 is 0 Å². The van der Waals surface area contributed by atoms with Crippen molar-refractivity contribution in [3.8, 4) is 0 Å². The molecule has 2 rings (SSSR count). The van der Waals surface area contributed by atoms with Crippen LogP contribution in [0.1, 0.15) is 18.9 Å². The van der Waals surface area contributed by atoms with Crippen molar-refractivity contribution in [1.29, 1.82) is 0 Å². The highest BCUT2D eigenvalue weighted by Crippen LogP contribution is 2.35. The topological polar surface area (TPSA) is 12.9 Å². The Balaban J connectivity index is 2.11. The fourth-order valence-electron chi connectivity index (χ4n) is 1.53. The molecule has 0 fully saturated rings. The van der Waals surface area contributed by atoms with Gasteiger partial charge in [0, 0.05) is 5.75 Å². The Morgan fingerprint density at radius 1 is 1.29 bits per heavy atom. The zero-order valence-corrected chi connectivity index (χ0v) is 12.4. The Hall–Kier alpha value is -1.15. The lowest BCUT2D eigenvalue weighted by molar-refractivity contribution is -0.137. The molecule has 0 aliphatic carbocycles. The minimum Gasteiger partial charge on any atom is -0.230 e. The molecule has 0 bridgehead atoms. The Kier molecular flexibility index (Phi) is 4.88. The van der Waals surface area contributed by atoms with Crippen molar-refractivity contribution in [3.63, 3.8) is 0 Å². The summed E-state index contributed by atoms with van der Waals surface area (Å²) in [6, 6.07) is 3.40. The van der Waals surface area contributed by atoms with Crippen LogP contribution < -0.4 is 0 Å². The molecule has 0 unspecified atom stereocenters. The summed E-state index contributed by atoms with van der Waals surface area (Å²) in [5.41, 5.74) is -0.445. The number of aromatic nitrogens is 1. The number of alkyl halides is 3. The second-order valence-electron chi connectivity index (χ2n) is 4.30. The molecule has 1 heterocycles. The molecule has 114 valence electrons. The normalized spacial score (nSPS) is 11.9. The zero-order chi connectivity index (χ0) is 15.6. The first kappa shape index (κ1) is 16.2. The summed E-state index contributed by atoms with van der Waals surface area (Å²) >= 11 is 2.52. The number of nitrogens with zero attached hydrogens (tertiary/aromatic N) is 1. The Labute approximate surface area is 125 Å². The third kappa shape index (κ3) is 4.16. The Bertz CT molecular complexity index is 671. The fraction of sp³-hybridized carbons (Fsp3) is 0.308. The number of hydrogen-bond donors (Lipinski definition) is 0. The molecule has 0 radical (unpaired) electrons. The lowest BCUT2D eigenvalue weighted by atomic mass is 10.2. The zero-order valence-electron chi connectivity index (χ0n) is 10.8. The van der Waals surface area contributed by atoms with Crippen LogP contribution >= 0.6 is 23.1 Å². The summed E-state index contributed by atoms with van der Waals surface area (Å²) in [6.07, 6.45) is -5.86. The van der Waals surface area contributed by atoms with Gasteiger partial charge in [0.2, 0.25) is 0 Å². The number of rotatable bonds is 4. The third-order valence-corrected chi connectivity index (χ3v) is 4.90. The Morgan fingerprint density at radius 3 is 2.62 bits per heavy atom. The maximum absolute atomic E-state index is 12.6. The molecular weight excluding hydrogens is 329 g/mol. The van der Waals surface area contributed by atoms with Crippen molar-refractivity contribution in [2.75, 3.05) is 5.75 Å². The van der Waals surface area contributed by atoms with Crippen LogP contribution in [0.15, 0.2) is 34.2 Å². The second-order valence-corrected chi connectivity index (χ2v) is 6.67. The van der Waals surface area contributed by atoms with Crippen LogP contribution in [-0.2, 0) is 6.18 Å². The SMILES string of the molecule is CC(CCSc1nc2cc(C(F)(F)F)ccc2s1)=C(F)F. The smallest absolute Gasteiger partial charge is 0.230 e. The average molecular weight is 339 g/mol. The quantitative estimate of drug-likeness (QED) is 0.503. The van der Waals surface area contributed by atoms with Gasteiger partial charge in [0.15, 0.2) is 4.34 Å². The van der Waals surface area contributed by atoms with Gasteiger partial charge in [-0.1, -0.05) is 11.8 Å². The summed E-state index contributed by atoms with van der Waals surface area (Å²) in [6.45, 7) is 1.35. The van der Waals surface area contributed by atoms with Gasteiger partial charge in [-0.25, -0.2) is 4.98 Å². The van der Waals surface area contributed by atoms with E-state index in [0.717, 1.165) is 12.1 Å². The van der Waals surface area contributed by atoms with Gasteiger partial charge < -0.3 is 0 Å². The molecule has 0 atom stereocenters. The number of hydrogen-bond acceptors (Lipinski definition) is 3. The molecule has 0 N–H and O–H groups in total. The van der Waals surface area contributed by atoms with E-state index in [-0.39, 0.29) is 17.5 Å². The summed E-state index contributed by atoms with van der Waals surface area (Å²) < 4.78 is 63.4. The summed E-state index contributed by atoms with van der Waals surface area (Å²) in [5, 5.41) is 0. The number of halogens is 5. The predicted octanol–water partition coefficient (Wildman–Crippen LogP) is 5.97. The van der Waals surface area contributed by atoms with Gasteiger partial charge in [0.1, 0.15) is 0 Å². The van der Waals surface area contributed by atoms with Gasteiger partial charge in [-0.15, -0.1) is 11.3 Å². The van der Waals surface area contributed by atoms with Crippen LogP contribution in [-0.4, -0.2) is 10.7 Å². The van der Waals surface area contributed by atoms with E-state index in [4.69, 9.17) is 0 Å². The molecule has 21 heavy (non-hydrogen) atoms. The fourth-order valence-corrected chi connectivity index (χ4v) is 3.71. The summed E-state index contributed by atoms with van der Waals surface area (Å²) in [5.74, 6) is 0.412. The molecule has 2 aromatic rings. The number of fused-ring (bicyclic) bond motifs is 1. The van der Waals surface area contributed by atoms with Crippen molar-refractivity contribution in [3.05, 3.63) is 35.4 Å². The lowest BCUT2D eigenvalue weighted by Gasteiger charge is -2.04. The molecule has 0 aliphatic rings. The number of thioether (sulfide) groups is 1. The number of benzene rings is 1. The standard InChI is InChI=1S/C13H10F5NS2/c1-7(11(14)15)4-5-20-12-19-9-6-8(13(16,17)18)2-3-10(9)21-12/h2-3,6H,4-5H2,1H3. The van der Waals surface area contributed by atoms with Crippen LogP contribution in [0.25, 0.3) is 10.2 Å². The molecule has 0 spiro atoms. The lowest BCUT2D eigenvalue weighted by Crippen LogP contribution is -2.03. The van der Waals surface area contributed by atoms with E-state index in [1.54, 1.807) is 0 Å². The van der Waals surface area contributed by atoms with E-state index in [1.165, 1.54) is 36.1 Å². The molecular formula is C13H10F5NS2. The van der Waals surface area contributed by atoms with E-state index in [1.807, 2.05) is 0 Å². The van der Waals surface area contributed by atoms with E-state index in [2.05, 4.69) is 4.98 Å². The average Bonchev–Trinajstić information content (AvgIpc) is 2.78. The largest absolute Gasteiger partial charge is 0.416 e. The maximum atomic E-state index is 12.6. The monoisotopic (exact) mass is 339 g/mol. The maximum Gasteiger partial charge on any atom is 0.416 e. The second kappa shape index (κ2) is 6.31. The molecule has 0 saturated heterocycles. The summed E-state index contributed by atoms with van der Waals surface area (Å²) in [4.78, 5) is 4.11. The number of thiazole rings is 1. The van der Waals surface area contributed by atoms with E-state index < -0.39 is 17.8 Å². The molecule has 1 aromatic heterocycles. The van der Waals surface area contributed by atoms with Gasteiger partial charge in [-0.05, 0) is 37.1 Å². The first-order valence-corrected chi connectivity index (χ1v) is 7.69. The van der Waals surface area contributed by atoms with Crippen LogP contribution in [0.3, 0.4) is 0 Å². The van der Waals surface area contributed by atoms with Crippen LogP contribution in [0.5, 0.6) is 0 Å². The van der Waals surface area contributed by atoms with Crippen molar-refractivity contribution in [2.45, 2.75) is 23.9 Å². The van der Waals surface area contributed by atoms with Gasteiger partial charge in [0.05, 0.1) is 15.8 Å². The van der Waals surface area contributed by atoms with Crippen LogP contribution in [0.2, 0.25) is 0 Å². The first-order valence-electron chi connectivity index (χ1n) is 5.88. The number of allylic oxidation sites excluding steroid dienone is 1. The Morgan fingerprint density at radius 2 is 2.00 bits per heavy atom. The minimum atomic E-state index is -4.40. The van der Waals surface area contributed by atoms with Crippen LogP contribution in [0.4, 0.5) is 22.0 Å². The van der Waals surface area contributed by atoms with Crippen molar-refractivity contribution < 1.29 is 22.0 Å². The third-order valence-electron chi connectivity index (χ3n) is 2.72. The van der Waals surface area contributed by atoms with Gasteiger partial charge in [0.25, 0.3) is 6.08 Å². The molecule has 1 aromatic carbocycles. The van der Waals surface area contributed by atoms with E-state index in [9.17, 15) is 22.0 Å². The predicted molar refractivity (Wildman–Crippen MR) is 74.9 cm³/mol. The van der Waals surface area contributed by atoms with Crippen molar-refractivity contribution >= 4 is 33.3 Å². The highest BCUT2D eigenvalue weighted by Gasteiger charge is 2.30. The van der Waals surface area contributed by atoms with Crippen molar-refractivity contribution in [2.24, 2.45) is 0 Å². The molecule has 0 amide bonds. The molecule has 0 aliphatic heterocycles. The van der Waals surface area contributed by atoms with Gasteiger partial charge in [-0.2, -0.15) is 22.0 Å². The highest BCUT2D eigenvalue weighted by atomic mass is 32.2. The van der Waals surface area contributed by atoms with Crippen LogP contribution in [0, 0.1) is 0 Å². The van der Waals surface area contributed by atoms with E-state index in [0.29, 0.717) is 14.8 Å².